The lowest BCUT2D eigenvalue weighted by Crippen LogP contribution is -2.25. The molecule has 1 aromatic heterocycles. The lowest BCUT2D eigenvalue weighted by Gasteiger charge is -2.18. The van der Waals surface area contributed by atoms with Gasteiger partial charge in [0.2, 0.25) is 9.84 Å². The lowest BCUT2D eigenvalue weighted by molar-refractivity contribution is -0.138. The Kier molecular flexibility index (Phi) is 7.03. The minimum Gasteiger partial charge on any atom is -0.347 e. The maximum Gasteiger partial charge on any atom is 0.418 e. The fourth-order valence-corrected chi connectivity index (χ4v) is 5.41. The molecule has 186 valence electrons. The number of alkyl halides is 5. The number of rotatable bonds is 6. The first-order valence-corrected chi connectivity index (χ1v) is 11.8. The molecule has 0 aliphatic rings. The number of aromatic nitrogens is 1. The van der Waals surface area contributed by atoms with E-state index in [4.69, 9.17) is 0 Å². The first-order valence-electron chi connectivity index (χ1n) is 10.3. The second kappa shape index (κ2) is 9.37. The Balaban J connectivity index is 1.91. The predicted octanol–water partition coefficient (Wildman–Crippen LogP) is 5.59. The quantitative estimate of drug-likeness (QED) is 0.437. The number of nitrogens with one attached hydrogen (secondary N) is 1. The van der Waals surface area contributed by atoms with E-state index in [-0.39, 0.29) is 38.7 Å². The van der Waals surface area contributed by atoms with Crippen molar-refractivity contribution in [2.24, 2.45) is 0 Å². The van der Waals surface area contributed by atoms with Gasteiger partial charge in [0, 0.05) is 25.2 Å². The molecule has 0 atom stereocenters. The van der Waals surface area contributed by atoms with Gasteiger partial charge in [-0.3, -0.25) is 9.78 Å². The Morgan fingerprint density at radius 2 is 1.57 bits per heavy atom. The molecule has 0 fully saturated rings. The third-order valence-corrected chi connectivity index (χ3v) is 7.40. The molecule has 0 aliphatic carbocycles. The second-order valence-electron chi connectivity index (χ2n) is 7.99. The zero-order chi connectivity index (χ0) is 26.2. The molecule has 3 rings (SSSR count). The Hall–Kier alpha value is -3.34. The van der Waals surface area contributed by atoms with Gasteiger partial charge in [0.25, 0.3) is 11.8 Å². The molecule has 0 saturated heterocycles. The van der Waals surface area contributed by atoms with Crippen LogP contribution in [0.2, 0.25) is 0 Å². The Labute approximate surface area is 198 Å². The van der Waals surface area contributed by atoms with Crippen LogP contribution in [0.1, 0.15) is 45.2 Å². The van der Waals surface area contributed by atoms with Crippen LogP contribution in [0.15, 0.2) is 64.5 Å². The number of hydrogen-bond donors (Lipinski definition) is 1. The van der Waals surface area contributed by atoms with E-state index in [2.05, 4.69) is 10.3 Å². The van der Waals surface area contributed by atoms with Crippen molar-refractivity contribution in [3.05, 3.63) is 88.2 Å². The normalized spacial score (nSPS) is 12.5. The topological polar surface area (TPSA) is 76.1 Å². The summed E-state index contributed by atoms with van der Waals surface area (Å²) in [5, 5.41) is 2.45. The van der Waals surface area contributed by atoms with Gasteiger partial charge in [-0.2, -0.15) is 13.2 Å². The van der Waals surface area contributed by atoms with Crippen molar-refractivity contribution < 1.29 is 35.2 Å². The zero-order valence-corrected chi connectivity index (χ0v) is 19.7. The van der Waals surface area contributed by atoms with E-state index >= 15 is 0 Å². The number of halogens is 5. The lowest BCUT2D eigenvalue weighted by atomic mass is 10.0. The Morgan fingerprint density at radius 3 is 2.17 bits per heavy atom. The summed E-state index contributed by atoms with van der Waals surface area (Å²) in [5.74, 6) is -4.06. The molecule has 0 spiro atoms. The molecule has 0 unspecified atom stereocenters. The van der Waals surface area contributed by atoms with Gasteiger partial charge in [-0.15, -0.1) is 0 Å². The van der Waals surface area contributed by atoms with E-state index in [1.54, 1.807) is 0 Å². The molecule has 35 heavy (non-hydrogen) atoms. The summed E-state index contributed by atoms with van der Waals surface area (Å²) >= 11 is 0. The fourth-order valence-electron chi connectivity index (χ4n) is 3.65. The summed E-state index contributed by atoms with van der Waals surface area (Å²) in [5.41, 5.74) is -1.79. The van der Waals surface area contributed by atoms with Crippen LogP contribution < -0.4 is 5.32 Å². The number of sulfone groups is 1. The largest absolute Gasteiger partial charge is 0.418 e. The molecule has 0 bridgehead atoms. The minimum absolute atomic E-state index is 0.0942. The van der Waals surface area contributed by atoms with Gasteiger partial charge in [0.05, 0.1) is 15.4 Å². The summed E-state index contributed by atoms with van der Waals surface area (Å²) in [7, 11) is -4.25. The molecule has 11 heteroatoms. The molecule has 0 aliphatic heterocycles. The summed E-state index contributed by atoms with van der Waals surface area (Å²) in [6, 6.07) is 10.3. The zero-order valence-electron chi connectivity index (χ0n) is 18.9. The van der Waals surface area contributed by atoms with Crippen LogP contribution in [-0.4, -0.2) is 19.3 Å². The highest BCUT2D eigenvalue weighted by molar-refractivity contribution is 7.91. The number of carbonyl (C=O) groups excluding carboxylic acids is 1. The van der Waals surface area contributed by atoms with Crippen molar-refractivity contribution in [3.8, 4) is 0 Å². The van der Waals surface area contributed by atoms with Crippen LogP contribution in [-0.2, 0) is 28.5 Å². The highest BCUT2D eigenvalue weighted by atomic mass is 32.2. The molecular weight excluding hydrogens is 491 g/mol. The highest BCUT2D eigenvalue weighted by Gasteiger charge is 2.33. The highest BCUT2D eigenvalue weighted by Crippen LogP contribution is 2.35. The van der Waals surface area contributed by atoms with E-state index in [0.717, 1.165) is 12.1 Å². The number of carbonyl (C=O) groups is 1. The van der Waals surface area contributed by atoms with Crippen LogP contribution in [0, 0.1) is 13.8 Å². The molecule has 1 amide bonds. The van der Waals surface area contributed by atoms with Gasteiger partial charge >= 0.3 is 6.18 Å². The van der Waals surface area contributed by atoms with E-state index in [0.29, 0.717) is 13.1 Å². The van der Waals surface area contributed by atoms with Crippen LogP contribution in [0.4, 0.5) is 22.0 Å². The third-order valence-electron chi connectivity index (χ3n) is 5.40. The number of pyridine rings is 1. The summed E-state index contributed by atoms with van der Waals surface area (Å²) in [6.07, 6.45) is -4.06. The van der Waals surface area contributed by atoms with E-state index in [1.165, 1.54) is 50.2 Å². The maximum absolute atomic E-state index is 13.9. The molecular formula is C24H21F5N2O3S. The first kappa shape index (κ1) is 26.3. The van der Waals surface area contributed by atoms with Crippen molar-refractivity contribution in [2.45, 2.75) is 49.2 Å². The smallest absolute Gasteiger partial charge is 0.347 e. The van der Waals surface area contributed by atoms with Crippen LogP contribution >= 0.6 is 0 Å². The van der Waals surface area contributed by atoms with Crippen LogP contribution in [0.5, 0.6) is 0 Å². The SMILES string of the molecule is Cc1cc(C(=O)NCc2ccccc2S(=O)(=O)c2cccc(C(C)(F)F)c2C)ncc1C(F)(F)F. The third kappa shape index (κ3) is 5.50. The van der Waals surface area contributed by atoms with Crippen molar-refractivity contribution >= 4 is 15.7 Å². The van der Waals surface area contributed by atoms with Crippen LogP contribution in [0.3, 0.4) is 0 Å². The number of benzene rings is 2. The molecule has 5 nitrogen and oxygen atoms in total. The number of nitrogens with zero attached hydrogens (tertiary/aromatic N) is 1. The van der Waals surface area contributed by atoms with Gasteiger partial charge in [-0.1, -0.05) is 30.3 Å². The van der Waals surface area contributed by atoms with Crippen molar-refractivity contribution in [1.82, 2.24) is 10.3 Å². The van der Waals surface area contributed by atoms with Crippen molar-refractivity contribution in [3.63, 3.8) is 0 Å². The van der Waals surface area contributed by atoms with Gasteiger partial charge in [0.1, 0.15) is 5.69 Å². The average Bonchev–Trinajstić information content (AvgIpc) is 2.75. The Bertz CT molecular complexity index is 1380. The monoisotopic (exact) mass is 512 g/mol. The maximum atomic E-state index is 13.9. The number of amides is 1. The van der Waals surface area contributed by atoms with Gasteiger partial charge in [-0.05, 0) is 48.7 Å². The standard InChI is InChI=1S/C24H21F5N2O3S/c1-14-11-19(30-13-18(14)24(27,28)29)22(32)31-12-16-7-4-5-9-21(16)35(33,34)20-10-6-8-17(15(20)2)23(3,25)26/h4-11,13H,12H2,1-3H3,(H,31,32). The van der Waals surface area contributed by atoms with Gasteiger partial charge < -0.3 is 5.32 Å². The van der Waals surface area contributed by atoms with Crippen LogP contribution in [0.25, 0.3) is 0 Å². The van der Waals surface area contributed by atoms with Crippen molar-refractivity contribution in [2.75, 3.05) is 0 Å². The Morgan fingerprint density at radius 1 is 0.943 bits per heavy atom. The number of aryl methyl sites for hydroxylation is 1. The molecule has 1 heterocycles. The first-order chi connectivity index (χ1) is 16.1. The molecule has 2 aromatic carbocycles. The molecule has 0 saturated carbocycles. The van der Waals surface area contributed by atoms with Gasteiger partial charge in [-0.25, -0.2) is 17.2 Å². The van der Waals surface area contributed by atoms with E-state index < -0.39 is 39.0 Å². The predicted molar refractivity (Wildman–Crippen MR) is 118 cm³/mol. The second-order valence-corrected chi connectivity index (χ2v) is 9.88. The summed E-state index contributed by atoms with van der Waals surface area (Å²) < 4.78 is 93.4. The molecule has 3 aromatic rings. The number of hydrogen-bond acceptors (Lipinski definition) is 4. The summed E-state index contributed by atoms with van der Waals surface area (Å²) in [4.78, 5) is 15.5. The average molecular weight is 513 g/mol. The molecule has 1 N–H and O–H groups in total. The molecule has 0 radical (unpaired) electrons. The van der Waals surface area contributed by atoms with Gasteiger partial charge in [0.15, 0.2) is 0 Å². The summed E-state index contributed by atoms with van der Waals surface area (Å²) in [6.45, 7) is 2.87. The minimum atomic E-state index is -4.61. The van der Waals surface area contributed by atoms with Crippen molar-refractivity contribution in [1.29, 1.82) is 0 Å². The fraction of sp³-hybridized carbons (Fsp3) is 0.250. The van der Waals surface area contributed by atoms with E-state index in [9.17, 15) is 35.2 Å². The van der Waals surface area contributed by atoms with E-state index in [1.807, 2.05) is 0 Å².